The monoisotopic (exact) mass is 289 g/mol. The van der Waals surface area contributed by atoms with E-state index in [0.717, 1.165) is 12.5 Å². The molecule has 0 spiro atoms. The molecule has 0 aliphatic rings. The number of amides is 1. The molecule has 0 atom stereocenters. The van der Waals surface area contributed by atoms with E-state index in [1.54, 1.807) is 0 Å². The van der Waals surface area contributed by atoms with E-state index >= 15 is 0 Å². The van der Waals surface area contributed by atoms with Gasteiger partial charge in [-0.05, 0) is 0 Å². The number of hydrazine groups is 1. The lowest BCUT2D eigenvalue weighted by molar-refractivity contribution is 0.0957. The fourth-order valence-electron chi connectivity index (χ4n) is 1.60. The molecule has 106 valence electrons. The molecule has 3 rings (SSSR count). The molecule has 3 aromatic heterocycles. The van der Waals surface area contributed by atoms with Crippen LogP contribution in [0.2, 0.25) is 0 Å². The molecule has 3 heterocycles. The number of nitrogens with zero attached hydrogens (tertiary/aromatic N) is 4. The van der Waals surface area contributed by atoms with Gasteiger partial charge in [0.1, 0.15) is 12.0 Å². The molecule has 21 heavy (non-hydrogen) atoms. The first-order chi connectivity index (χ1) is 10.1. The Bertz CT molecular complexity index is 872. The second-order valence-electron chi connectivity index (χ2n) is 3.96. The molecule has 0 unspecified atom stereocenters. The molecule has 0 fully saturated rings. The Morgan fingerprint density at radius 3 is 3.10 bits per heavy atom. The number of aromatic amines is 1. The molecule has 3 N–H and O–H groups in total. The number of carbonyl (C=O) groups excluding carboxylic acids is 1. The van der Waals surface area contributed by atoms with Crippen LogP contribution in [0.5, 0.6) is 0 Å². The lowest BCUT2D eigenvalue weighted by Crippen LogP contribution is -2.30. The van der Waals surface area contributed by atoms with Gasteiger partial charge in [0.05, 0.1) is 6.20 Å². The number of halogens is 1. The molecule has 0 saturated heterocycles. The maximum absolute atomic E-state index is 13.3. The summed E-state index contributed by atoms with van der Waals surface area (Å²) in [6.45, 7) is 0. The van der Waals surface area contributed by atoms with Crippen LogP contribution in [0, 0.1) is 5.82 Å². The number of nitrogens with one attached hydrogen (secondary N) is 3. The van der Waals surface area contributed by atoms with E-state index in [-0.39, 0.29) is 17.1 Å². The molecule has 10 heteroatoms. The zero-order valence-corrected chi connectivity index (χ0v) is 10.4. The van der Waals surface area contributed by atoms with Gasteiger partial charge in [-0.2, -0.15) is 5.10 Å². The summed E-state index contributed by atoms with van der Waals surface area (Å²) in [5, 5.41) is 3.96. The standard InChI is InChI=1S/C11H8FN7O2/c12-6-4-13-5-14-10(6)16-17-11(21)7-3-8-15-9(20)1-2-19(8)18-7/h1-5H,(H,15,20)(H,17,21)(H,13,14,16). The number of aromatic nitrogens is 5. The summed E-state index contributed by atoms with van der Waals surface area (Å²) in [4.78, 5) is 32.6. The van der Waals surface area contributed by atoms with Gasteiger partial charge in [0, 0.05) is 18.3 Å². The molecule has 0 aliphatic carbocycles. The molecular formula is C11H8FN7O2. The van der Waals surface area contributed by atoms with Gasteiger partial charge in [-0.1, -0.05) is 0 Å². The van der Waals surface area contributed by atoms with Crippen LogP contribution >= 0.6 is 0 Å². The highest BCUT2D eigenvalue weighted by molar-refractivity contribution is 5.93. The van der Waals surface area contributed by atoms with Crippen molar-refractivity contribution in [3.05, 3.63) is 52.7 Å². The fourth-order valence-corrected chi connectivity index (χ4v) is 1.60. The third kappa shape index (κ3) is 2.54. The van der Waals surface area contributed by atoms with Crippen molar-refractivity contribution in [2.75, 3.05) is 5.43 Å². The predicted octanol–water partition coefficient (Wildman–Crippen LogP) is -0.291. The van der Waals surface area contributed by atoms with Crippen LogP contribution in [0.4, 0.5) is 10.2 Å². The van der Waals surface area contributed by atoms with Crippen LogP contribution in [0.25, 0.3) is 5.65 Å². The van der Waals surface area contributed by atoms with Crippen molar-refractivity contribution < 1.29 is 9.18 Å². The van der Waals surface area contributed by atoms with Gasteiger partial charge in [0.2, 0.25) is 0 Å². The van der Waals surface area contributed by atoms with Crippen LogP contribution in [-0.4, -0.2) is 30.5 Å². The zero-order valence-electron chi connectivity index (χ0n) is 10.4. The Morgan fingerprint density at radius 1 is 1.43 bits per heavy atom. The highest BCUT2D eigenvalue weighted by Gasteiger charge is 2.12. The van der Waals surface area contributed by atoms with Gasteiger partial charge in [0.25, 0.3) is 11.5 Å². The van der Waals surface area contributed by atoms with Crippen LogP contribution in [-0.2, 0) is 0 Å². The van der Waals surface area contributed by atoms with Gasteiger partial charge < -0.3 is 4.98 Å². The highest BCUT2D eigenvalue weighted by Crippen LogP contribution is 2.06. The normalized spacial score (nSPS) is 10.5. The smallest absolute Gasteiger partial charge is 0.290 e. The Balaban J connectivity index is 1.78. The summed E-state index contributed by atoms with van der Waals surface area (Å²) >= 11 is 0. The first-order valence-corrected chi connectivity index (χ1v) is 5.74. The first-order valence-electron chi connectivity index (χ1n) is 5.74. The van der Waals surface area contributed by atoms with Gasteiger partial charge in [0.15, 0.2) is 17.3 Å². The van der Waals surface area contributed by atoms with Crippen LogP contribution in [0.15, 0.2) is 35.6 Å². The number of hydrogen-bond acceptors (Lipinski definition) is 6. The quantitative estimate of drug-likeness (QED) is 0.570. The van der Waals surface area contributed by atoms with Crippen molar-refractivity contribution >= 4 is 17.4 Å². The van der Waals surface area contributed by atoms with Crippen molar-refractivity contribution in [1.29, 1.82) is 0 Å². The molecule has 0 aromatic carbocycles. The maximum Gasteiger partial charge on any atom is 0.290 e. The Hall–Kier alpha value is -3.30. The summed E-state index contributed by atoms with van der Waals surface area (Å²) < 4.78 is 14.6. The van der Waals surface area contributed by atoms with E-state index in [2.05, 4.69) is 30.9 Å². The van der Waals surface area contributed by atoms with Gasteiger partial charge in [-0.15, -0.1) is 0 Å². The minimum Gasteiger partial charge on any atom is -0.307 e. The molecular weight excluding hydrogens is 281 g/mol. The van der Waals surface area contributed by atoms with Crippen LogP contribution in [0.3, 0.4) is 0 Å². The second kappa shape index (κ2) is 5.00. The number of H-pyrrole nitrogens is 1. The van der Waals surface area contributed by atoms with Gasteiger partial charge in [-0.3, -0.25) is 20.4 Å². The average Bonchev–Trinajstić information content (AvgIpc) is 2.89. The van der Waals surface area contributed by atoms with Crippen molar-refractivity contribution in [3.8, 4) is 0 Å². The molecule has 9 nitrogen and oxygen atoms in total. The molecule has 0 radical (unpaired) electrons. The Labute approximate surface area is 115 Å². The second-order valence-corrected chi connectivity index (χ2v) is 3.96. The number of anilines is 1. The topological polar surface area (TPSA) is 117 Å². The molecule has 0 bridgehead atoms. The SMILES string of the molecule is O=C(NNc1ncncc1F)c1cc2[nH]c(=O)ccn2n1. The lowest BCUT2D eigenvalue weighted by Gasteiger charge is -2.05. The maximum atomic E-state index is 13.3. The zero-order chi connectivity index (χ0) is 14.8. The average molecular weight is 289 g/mol. The van der Waals surface area contributed by atoms with E-state index in [1.165, 1.54) is 22.8 Å². The number of carbonyl (C=O) groups is 1. The summed E-state index contributed by atoms with van der Waals surface area (Å²) in [6.07, 6.45) is 3.51. The van der Waals surface area contributed by atoms with E-state index in [9.17, 15) is 14.0 Å². The lowest BCUT2D eigenvalue weighted by atomic mass is 10.4. The third-order valence-electron chi connectivity index (χ3n) is 2.55. The summed E-state index contributed by atoms with van der Waals surface area (Å²) in [7, 11) is 0. The molecule has 3 aromatic rings. The summed E-state index contributed by atoms with van der Waals surface area (Å²) in [6, 6.07) is 2.66. The van der Waals surface area contributed by atoms with E-state index < -0.39 is 11.7 Å². The third-order valence-corrected chi connectivity index (χ3v) is 2.55. The minimum atomic E-state index is -0.711. The van der Waals surface area contributed by atoms with E-state index in [1.807, 2.05) is 0 Å². The Kier molecular flexibility index (Phi) is 3.03. The summed E-state index contributed by atoms with van der Waals surface area (Å²) in [5.41, 5.74) is 4.66. The first kappa shape index (κ1) is 12.7. The Morgan fingerprint density at radius 2 is 2.29 bits per heavy atom. The van der Waals surface area contributed by atoms with Crippen molar-refractivity contribution in [1.82, 2.24) is 30.0 Å². The van der Waals surface area contributed by atoms with Gasteiger partial charge >= 0.3 is 0 Å². The number of hydrogen-bond donors (Lipinski definition) is 3. The minimum absolute atomic E-state index is 0.0406. The molecule has 0 saturated carbocycles. The van der Waals surface area contributed by atoms with Crippen LogP contribution in [0.1, 0.15) is 10.5 Å². The fraction of sp³-hybridized carbons (Fsp3) is 0. The van der Waals surface area contributed by atoms with Crippen molar-refractivity contribution in [2.24, 2.45) is 0 Å². The largest absolute Gasteiger partial charge is 0.307 e. The molecule has 1 amide bonds. The van der Waals surface area contributed by atoms with Crippen molar-refractivity contribution in [2.45, 2.75) is 0 Å². The van der Waals surface area contributed by atoms with Crippen LogP contribution < -0.4 is 16.4 Å². The number of rotatable bonds is 3. The van der Waals surface area contributed by atoms with E-state index in [4.69, 9.17) is 0 Å². The predicted molar refractivity (Wildman–Crippen MR) is 68.9 cm³/mol. The van der Waals surface area contributed by atoms with Gasteiger partial charge in [-0.25, -0.2) is 18.9 Å². The van der Waals surface area contributed by atoms with E-state index in [0.29, 0.717) is 5.65 Å². The summed E-state index contributed by atoms with van der Waals surface area (Å²) in [5.74, 6) is -1.50. The molecule has 0 aliphatic heterocycles. The van der Waals surface area contributed by atoms with Crippen molar-refractivity contribution in [3.63, 3.8) is 0 Å². The highest BCUT2D eigenvalue weighted by atomic mass is 19.1. The number of fused-ring (bicyclic) bond motifs is 1.